The van der Waals surface area contributed by atoms with E-state index < -0.39 is 0 Å². The minimum Gasteiger partial charge on any atom is -0.357 e. The summed E-state index contributed by atoms with van der Waals surface area (Å²) in [5, 5.41) is 8.97. The van der Waals surface area contributed by atoms with Gasteiger partial charge < -0.3 is 10.6 Å². The highest BCUT2D eigenvalue weighted by Gasteiger charge is 2.13. The number of thiazole rings is 1. The van der Waals surface area contributed by atoms with Gasteiger partial charge in [0.2, 0.25) is 5.95 Å². The molecule has 0 aliphatic heterocycles. The second-order valence-corrected chi connectivity index (χ2v) is 6.39. The number of aromatic nitrogens is 3. The van der Waals surface area contributed by atoms with Gasteiger partial charge in [0.1, 0.15) is 0 Å². The molecular formula is C17H18N6OS. The number of rotatable bonds is 4. The number of hydrogen-bond donors (Lipinski definition) is 3. The third-order valence-corrected chi connectivity index (χ3v) is 4.53. The smallest absolute Gasteiger partial charge is 0.325 e. The maximum atomic E-state index is 12.1. The first-order chi connectivity index (χ1) is 12.0. The minimum atomic E-state index is -0.331. The van der Waals surface area contributed by atoms with Crippen LogP contribution in [0.15, 0.2) is 36.5 Å². The van der Waals surface area contributed by atoms with Gasteiger partial charge in [-0.1, -0.05) is 29.0 Å². The highest BCUT2D eigenvalue weighted by atomic mass is 32.1. The molecule has 0 bridgehead atoms. The van der Waals surface area contributed by atoms with Crippen LogP contribution in [-0.4, -0.2) is 28.0 Å². The molecule has 25 heavy (non-hydrogen) atoms. The molecule has 3 rings (SSSR count). The van der Waals surface area contributed by atoms with Crippen LogP contribution in [0.25, 0.3) is 10.6 Å². The largest absolute Gasteiger partial charge is 0.357 e. The van der Waals surface area contributed by atoms with Crippen molar-refractivity contribution in [3.8, 4) is 10.6 Å². The second-order valence-electron chi connectivity index (χ2n) is 5.39. The number of benzene rings is 1. The lowest BCUT2D eigenvalue weighted by atomic mass is 10.2. The normalized spacial score (nSPS) is 10.4. The van der Waals surface area contributed by atoms with E-state index in [-0.39, 0.29) is 6.03 Å². The van der Waals surface area contributed by atoms with Crippen molar-refractivity contribution in [1.82, 2.24) is 15.0 Å². The molecule has 3 aromatic rings. The number of carbonyl (C=O) groups is 1. The molecule has 128 valence electrons. The summed E-state index contributed by atoms with van der Waals surface area (Å²) in [5.74, 6) is 0.539. The van der Waals surface area contributed by atoms with E-state index in [1.807, 2.05) is 44.2 Å². The summed E-state index contributed by atoms with van der Waals surface area (Å²) in [4.78, 5) is 25.9. The van der Waals surface area contributed by atoms with E-state index in [1.54, 1.807) is 13.2 Å². The topological polar surface area (TPSA) is 91.8 Å². The number of aryl methyl sites for hydroxylation is 2. The molecule has 0 saturated heterocycles. The third-order valence-electron chi connectivity index (χ3n) is 3.44. The molecule has 0 atom stereocenters. The first kappa shape index (κ1) is 16.8. The fraction of sp³-hybridized carbons (Fsp3) is 0.176. The van der Waals surface area contributed by atoms with E-state index in [9.17, 15) is 4.79 Å². The Bertz CT molecular complexity index is 890. The summed E-state index contributed by atoms with van der Waals surface area (Å²) in [6, 6.07) is 9.08. The molecule has 0 saturated carbocycles. The van der Waals surface area contributed by atoms with Gasteiger partial charge in [-0.25, -0.2) is 19.7 Å². The molecule has 2 amide bonds. The number of amides is 2. The third kappa shape index (κ3) is 4.10. The molecule has 0 fully saturated rings. The Kier molecular flexibility index (Phi) is 4.90. The first-order valence-electron chi connectivity index (χ1n) is 7.68. The summed E-state index contributed by atoms with van der Waals surface area (Å²) < 4.78 is 0. The van der Waals surface area contributed by atoms with Crippen molar-refractivity contribution in [1.29, 1.82) is 0 Å². The van der Waals surface area contributed by atoms with E-state index in [1.165, 1.54) is 11.3 Å². The van der Waals surface area contributed by atoms with Crippen molar-refractivity contribution in [2.45, 2.75) is 13.8 Å². The summed E-state index contributed by atoms with van der Waals surface area (Å²) in [5.41, 5.74) is 3.43. The van der Waals surface area contributed by atoms with Gasteiger partial charge in [-0.05, 0) is 32.0 Å². The lowest BCUT2D eigenvalue weighted by molar-refractivity contribution is 0.262. The molecule has 2 heterocycles. The van der Waals surface area contributed by atoms with Gasteiger partial charge in [0.25, 0.3) is 0 Å². The Hall–Kier alpha value is -3.00. The van der Waals surface area contributed by atoms with E-state index in [4.69, 9.17) is 0 Å². The van der Waals surface area contributed by atoms with Crippen LogP contribution in [0, 0.1) is 13.8 Å². The monoisotopic (exact) mass is 354 g/mol. The van der Waals surface area contributed by atoms with E-state index in [2.05, 4.69) is 30.9 Å². The summed E-state index contributed by atoms with van der Waals surface area (Å²) in [7, 11) is 1.76. The molecule has 8 heteroatoms. The van der Waals surface area contributed by atoms with Crippen molar-refractivity contribution in [3.05, 3.63) is 47.8 Å². The van der Waals surface area contributed by atoms with Crippen LogP contribution < -0.4 is 16.0 Å². The van der Waals surface area contributed by atoms with Crippen molar-refractivity contribution in [2.75, 3.05) is 23.0 Å². The maximum absolute atomic E-state index is 12.1. The standard InChI is InChI=1S/C17H18N6OS/c1-10-4-6-12(7-5-10)21-16(24)23-17-20-11(2)14(25-17)13-8-9-19-15(18-3)22-13/h4-9H,1-3H3,(H,18,19,22)(H2,20,21,23,24). The van der Waals surface area contributed by atoms with Crippen LogP contribution >= 0.6 is 11.3 Å². The lowest BCUT2D eigenvalue weighted by Gasteiger charge is -2.05. The Morgan fingerprint density at radius 1 is 1.04 bits per heavy atom. The highest BCUT2D eigenvalue weighted by Crippen LogP contribution is 2.31. The number of nitrogens with one attached hydrogen (secondary N) is 3. The Labute approximate surface area is 149 Å². The van der Waals surface area contributed by atoms with Gasteiger partial charge in [-0.15, -0.1) is 0 Å². The lowest BCUT2D eigenvalue weighted by Crippen LogP contribution is -2.19. The average Bonchev–Trinajstić information content (AvgIpc) is 2.97. The number of urea groups is 1. The molecule has 1 aromatic carbocycles. The fourth-order valence-electron chi connectivity index (χ4n) is 2.19. The van der Waals surface area contributed by atoms with Crippen LogP contribution in [0.4, 0.5) is 21.6 Å². The van der Waals surface area contributed by atoms with Crippen molar-refractivity contribution in [3.63, 3.8) is 0 Å². The van der Waals surface area contributed by atoms with E-state index >= 15 is 0 Å². The summed E-state index contributed by atoms with van der Waals surface area (Å²) in [6.45, 7) is 3.88. The van der Waals surface area contributed by atoms with Crippen LogP contribution in [0.2, 0.25) is 0 Å². The van der Waals surface area contributed by atoms with E-state index in [0.29, 0.717) is 11.1 Å². The fourth-order valence-corrected chi connectivity index (χ4v) is 3.12. The van der Waals surface area contributed by atoms with Crippen molar-refractivity contribution >= 4 is 34.1 Å². The summed E-state index contributed by atoms with van der Waals surface area (Å²) in [6.07, 6.45) is 1.69. The number of anilines is 3. The Morgan fingerprint density at radius 3 is 2.52 bits per heavy atom. The van der Waals surface area contributed by atoms with Gasteiger partial charge in [0.15, 0.2) is 5.13 Å². The minimum absolute atomic E-state index is 0.331. The highest BCUT2D eigenvalue weighted by molar-refractivity contribution is 7.19. The zero-order valence-electron chi connectivity index (χ0n) is 14.1. The molecule has 0 unspecified atom stereocenters. The molecule has 2 aromatic heterocycles. The second kappa shape index (κ2) is 7.27. The summed E-state index contributed by atoms with van der Waals surface area (Å²) >= 11 is 1.37. The van der Waals surface area contributed by atoms with Gasteiger partial charge in [-0.3, -0.25) is 5.32 Å². The predicted molar refractivity (Wildman–Crippen MR) is 101 cm³/mol. The SMILES string of the molecule is CNc1nccc(-c2sc(NC(=O)Nc3ccc(C)cc3)nc2C)n1. The average molecular weight is 354 g/mol. The van der Waals surface area contributed by atoms with E-state index in [0.717, 1.165) is 27.5 Å². The number of hydrogen-bond acceptors (Lipinski definition) is 6. The zero-order valence-corrected chi connectivity index (χ0v) is 14.9. The Morgan fingerprint density at radius 2 is 1.80 bits per heavy atom. The van der Waals surface area contributed by atoms with Gasteiger partial charge in [0, 0.05) is 18.9 Å². The molecule has 3 N–H and O–H groups in total. The van der Waals surface area contributed by atoms with Crippen LogP contribution in [-0.2, 0) is 0 Å². The van der Waals surface area contributed by atoms with Crippen LogP contribution in [0.5, 0.6) is 0 Å². The van der Waals surface area contributed by atoms with Gasteiger partial charge >= 0.3 is 6.03 Å². The predicted octanol–water partition coefficient (Wildman–Crippen LogP) is 3.90. The quantitative estimate of drug-likeness (QED) is 0.661. The van der Waals surface area contributed by atoms with Crippen LogP contribution in [0.1, 0.15) is 11.3 Å². The van der Waals surface area contributed by atoms with Crippen molar-refractivity contribution in [2.24, 2.45) is 0 Å². The van der Waals surface area contributed by atoms with Crippen LogP contribution in [0.3, 0.4) is 0 Å². The zero-order chi connectivity index (χ0) is 17.8. The molecular weight excluding hydrogens is 336 g/mol. The number of carbonyl (C=O) groups excluding carboxylic acids is 1. The number of nitrogens with zero attached hydrogens (tertiary/aromatic N) is 3. The first-order valence-corrected chi connectivity index (χ1v) is 8.50. The Balaban J connectivity index is 1.73. The molecule has 0 aliphatic carbocycles. The molecule has 0 aliphatic rings. The molecule has 0 spiro atoms. The molecule has 0 radical (unpaired) electrons. The van der Waals surface area contributed by atoms with Crippen molar-refractivity contribution < 1.29 is 4.79 Å². The maximum Gasteiger partial charge on any atom is 0.325 e. The van der Waals surface area contributed by atoms with Gasteiger partial charge in [-0.2, -0.15) is 0 Å². The molecule has 7 nitrogen and oxygen atoms in total. The van der Waals surface area contributed by atoms with Gasteiger partial charge in [0.05, 0.1) is 16.3 Å².